The van der Waals surface area contributed by atoms with Gasteiger partial charge in [0.15, 0.2) is 0 Å². The summed E-state index contributed by atoms with van der Waals surface area (Å²) in [6.45, 7) is 10.1. The van der Waals surface area contributed by atoms with Gasteiger partial charge in [0.05, 0.1) is 11.1 Å². The topological polar surface area (TPSA) is 62.3 Å². The lowest BCUT2D eigenvalue weighted by molar-refractivity contribution is -0.133. The number of para-hydroxylation sites is 1. The van der Waals surface area contributed by atoms with Gasteiger partial charge in [0, 0.05) is 42.6 Å². The van der Waals surface area contributed by atoms with E-state index in [0.717, 1.165) is 29.6 Å². The molecule has 0 saturated carbocycles. The Morgan fingerprint density at radius 2 is 1.96 bits per heavy atom. The third-order valence-electron chi connectivity index (χ3n) is 5.06. The number of benzene rings is 1. The van der Waals surface area contributed by atoms with Crippen molar-refractivity contribution in [3.05, 3.63) is 41.6 Å². The number of amides is 2. The lowest BCUT2D eigenvalue weighted by atomic mass is 9.99. The van der Waals surface area contributed by atoms with Crippen LogP contribution in [0.2, 0.25) is 0 Å². The molecule has 5 nitrogen and oxygen atoms in total. The van der Waals surface area contributed by atoms with Crippen molar-refractivity contribution in [1.82, 2.24) is 15.2 Å². The van der Waals surface area contributed by atoms with Crippen LogP contribution in [0, 0.1) is 11.8 Å². The monoisotopic (exact) mass is 367 g/mol. The lowest BCUT2D eigenvalue weighted by Gasteiger charge is -2.19. The highest BCUT2D eigenvalue weighted by atomic mass is 16.2. The molecule has 3 rings (SSSR count). The molecule has 1 aromatic carbocycles. The molecule has 1 saturated heterocycles. The smallest absolute Gasteiger partial charge is 0.252 e. The second-order valence-electron chi connectivity index (χ2n) is 8.14. The van der Waals surface area contributed by atoms with E-state index in [-0.39, 0.29) is 23.7 Å². The highest BCUT2D eigenvalue weighted by Gasteiger charge is 2.30. The van der Waals surface area contributed by atoms with Gasteiger partial charge >= 0.3 is 0 Å². The summed E-state index contributed by atoms with van der Waals surface area (Å²) < 4.78 is 0. The highest BCUT2D eigenvalue weighted by Crippen LogP contribution is 2.30. The van der Waals surface area contributed by atoms with E-state index in [1.54, 1.807) is 0 Å². The summed E-state index contributed by atoms with van der Waals surface area (Å²) >= 11 is 0. The average molecular weight is 367 g/mol. The van der Waals surface area contributed by atoms with Crippen molar-refractivity contribution in [2.24, 2.45) is 11.8 Å². The molecule has 0 spiro atoms. The van der Waals surface area contributed by atoms with Crippen molar-refractivity contribution in [1.29, 1.82) is 0 Å². The van der Waals surface area contributed by atoms with E-state index < -0.39 is 0 Å². The lowest BCUT2D eigenvalue weighted by Crippen LogP contribution is -2.32. The van der Waals surface area contributed by atoms with Crippen LogP contribution in [0.5, 0.6) is 0 Å². The molecule has 1 aromatic heterocycles. The number of nitrogens with one attached hydrogen (secondary N) is 1. The molecule has 144 valence electrons. The minimum absolute atomic E-state index is 0.00526. The normalized spacial score (nSPS) is 17.1. The van der Waals surface area contributed by atoms with E-state index in [1.807, 2.05) is 49.1 Å². The fourth-order valence-electron chi connectivity index (χ4n) is 3.55. The Morgan fingerprint density at radius 3 is 2.67 bits per heavy atom. The summed E-state index contributed by atoms with van der Waals surface area (Å²) in [6.07, 6.45) is 0.886. The Morgan fingerprint density at radius 1 is 1.22 bits per heavy atom. The fourth-order valence-corrected chi connectivity index (χ4v) is 3.55. The van der Waals surface area contributed by atoms with E-state index in [4.69, 9.17) is 4.98 Å². The number of hydrogen-bond donors (Lipinski definition) is 1. The molecule has 1 atom stereocenters. The van der Waals surface area contributed by atoms with Gasteiger partial charge in [0.1, 0.15) is 0 Å². The number of carbonyl (C=O) groups excluding carboxylic acids is 2. The van der Waals surface area contributed by atoms with Crippen LogP contribution >= 0.6 is 0 Å². The van der Waals surface area contributed by atoms with Crippen LogP contribution < -0.4 is 5.32 Å². The molecule has 2 amide bonds. The van der Waals surface area contributed by atoms with E-state index >= 15 is 0 Å². The molecule has 1 fully saturated rings. The molecule has 27 heavy (non-hydrogen) atoms. The molecule has 1 aliphatic heterocycles. The van der Waals surface area contributed by atoms with E-state index in [1.165, 1.54) is 0 Å². The zero-order chi connectivity index (χ0) is 19.6. The second kappa shape index (κ2) is 8.07. The third-order valence-corrected chi connectivity index (χ3v) is 5.06. The Hall–Kier alpha value is -2.43. The van der Waals surface area contributed by atoms with Crippen LogP contribution in [0.4, 0.5) is 0 Å². The van der Waals surface area contributed by atoms with Crippen molar-refractivity contribution in [2.75, 3.05) is 19.6 Å². The Balaban J connectivity index is 1.91. The Bertz CT molecular complexity index is 845. The van der Waals surface area contributed by atoms with Crippen LogP contribution in [0.3, 0.4) is 0 Å². The summed E-state index contributed by atoms with van der Waals surface area (Å²) in [6, 6.07) is 9.69. The summed E-state index contributed by atoms with van der Waals surface area (Å²) in [7, 11) is 0. The fraction of sp³-hybridized carbons (Fsp3) is 0.500. The van der Waals surface area contributed by atoms with Gasteiger partial charge in [0.2, 0.25) is 5.91 Å². The quantitative estimate of drug-likeness (QED) is 0.878. The first-order chi connectivity index (χ1) is 12.9. The van der Waals surface area contributed by atoms with Crippen LogP contribution in [-0.2, 0) is 4.79 Å². The van der Waals surface area contributed by atoms with Gasteiger partial charge in [-0.25, -0.2) is 0 Å². The first kappa shape index (κ1) is 19.3. The molecule has 0 unspecified atom stereocenters. The number of aromatic nitrogens is 1. The minimum atomic E-state index is -0.0586. The summed E-state index contributed by atoms with van der Waals surface area (Å²) in [5.74, 6) is 0.705. The largest absolute Gasteiger partial charge is 0.352 e. The van der Waals surface area contributed by atoms with Gasteiger partial charge in [-0.1, -0.05) is 45.9 Å². The average Bonchev–Trinajstić information content (AvgIpc) is 3.14. The summed E-state index contributed by atoms with van der Waals surface area (Å²) in [4.78, 5) is 31.8. The Kier molecular flexibility index (Phi) is 5.78. The van der Waals surface area contributed by atoms with Gasteiger partial charge in [-0.15, -0.1) is 0 Å². The molecule has 5 heteroatoms. The third kappa shape index (κ3) is 4.29. The maximum atomic E-state index is 12.8. The number of nitrogens with zero attached hydrogens (tertiary/aromatic N) is 2. The number of likely N-dealkylation sites (tertiary alicyclic amines) is 1. The second-order valence-corrected chi connectivity index (χ2v) is 8.14. The van der Waals surface area contributed by atoms with Crippen molar-refractivity contribution in [3.63, 3.8) is 0 Å². The first-order valence-corrected chi connectivity index (χ1v) is 9.83. The summed E-state index contributed by atoms with van der Waals surface area (Å²) in [5.41, 5.74) is 2.41. The SMILES string of the molecule is CC(C)CNC(=O)c1cc([C@@H]2CCN(C(=O)C(C)C)C2)nc2ccccc12. The van der Waals surface area contributed by atoms with Gasteiger partial charge in [-0.2, -0.15) is 0 Å². The van der Waals surface area contributed by atoms with Gasteiger partial charge in [0.25, 0.3) is 5.91 Å². The number of pyridine rings is 1. The van der Waals surface area contributed by atoms with E-state index in [9.17, 15) is 9.59 Å². The number of fused-ring (bicyclic) bond motifs is 1. The molecule has 0 bridgehead atoms. The van der Waals surface area contributed by atoms with Crippen molar-refractivity contribution < 1.29 is 9.59 Å². The van der Waals surface area contributed by atoms with E-state index in [0.29, 0.717) is 24.6 Å². The molecule has 0 radical (unpaired) electrons. The minimum Gasteiger partial charge on any atom is -0.352 e. The number of rotatable bonds is 5. The molecular formula is C22H29N3O2. The van der Waals surface area contributed by atoms with Crippen LogP contribution in [0.25, 0.3) is 10.9 Å². The first-order valence-electron chi connectivity index (χ1n) is 9.83. The molecule has 2 heterocycles. The van der Waals surface area contributed by atoms with E-state index in [2.05, 4.69) is 19.2 Å². The standard InChI is InChI=1S/C22H29N3O2/c1-14(2)12-23-21(26)18-11-20(24-19-8-6-5-7-17(18)19)16-9-10-25(13-16)22(27)15(3)4/h5-8,11,14-16H,9-10,12-13H2,1-4H3,(H,23,26)/t16-/m1/s1. The molecule has 2 aromatic rings. The van der Waals surface area contributed by atoms with Crippen molar-refractivity contribution in [2.45, 2.75) is 40.0 Å². The van der Waals surface area contributed by atoms with Crippen LogP contribution in [-0.4, -0.2) is 41.3 Å². The number of hydrogen-bond acceptors (Lipinski definition) is 3. The predicted molar refractivity (Wildman–Crippen MR) is 108 cm³/mol. The van der Waals surface area contributed by atoms with Gasteiger partial charge < -0.3 is 10.2 Å². The molecular weight excluding hydrogens is 338 g/mol. The maximum Gasteiger partial charge on any atom is 0.252 e. The summed E-state index contributed by atoms with van der Waals surface area (Å²) in [5, 5.41) is 3.89. The highest BCUT2D eigenvalue weighted by molar-refractivity contribution is 6.06. The predicted octanol–water partition coefficient (Wildman–Crippen LogP) is 3.59. The molecule has 0 aliphatic carbocycles. The van der Waals surface area contributed by atoms with Crippen molar-refractivity contribution in [3.8, 4) is 0 Å². The van der Waals surface area contributed by atoms with Crippen molar-refractivity contribution >= 4 is 22.7 Å². The number of carbonyl (C=O) groups is 2. The zero-order valence-corrected chi connectivity index (χ0v) is 16.7. The Labute approximate surface area is 161 Å². The van der Waals surface area contributed by atoms with Gasteiger partial charge in [-0.05, 0) is 24.5 Å². The molecule has 1 N–H and O–H groups in total. The maximum absolute atomic E-state index is 12.8. The zero-order valence-electron chi connectivity index (χ0n) is 16.7. The molecule has 1 aliphatic rings. The van der Waals surface area contributed by atoms with Crippen LogP contribution in [0.15, 0.2) is 30.3 Å². The van der Waals surface area contributed by atoms with Crippen LogP contribution in [0.1, 0.15) is 56.1 Å². The van der Waals surface area contributed by atoms with Gasteiger partial charge in [-0.3, -0.25) is 14.6 Å².